The van der Waals surface area contributed by atoms with Gasteiger partial charge in [0.1, 0.15) is 12.2 Å². The maximum atomic E-state index is 11.9. The standard InChI is InChI=1S/C15H15N5O3S/c1-22-12-4-3-10(7-13(12)23-2)11-8-20(19-18-11)9-14(21)17-15-16-5-6-24-15/h3-8H,9H2,1-2H3,(H,16,17,21). The lowest BCUT2D eigenvalue weighted by Crippen LogP contribution is -2.18. The SMILES string of the molecule is COc1ccc(-c2cn(CC(=O)Nc3nccs3)nn2)cc1OC. The number of carbonyl (C=O) groups excluding carboxylic acids is 1. The Morgan fingerprint density at radius 3 is 2.83 bits per heavy atom. The van der Waals surface area contributed by atoms with E-state index in [1.807, 2.05) is 12.1 Å². The molecule has 9 heteroatoms. The van der Waals surface area contributed by atoms with Crippen LogP contribution in [0.4, 0.5) is 5.13 Å². The van der Waals surface area contributed by atoms with Gasteiger partial charge in [-0.05, 0) is 18.2 Å². The van der Waals surface area contributed by atoms with Gasteiger partial charge in [0.05, 0.1) is 20.4 Å². The summed E-state index contributed by atoms with van der Waals surface area (Å²) in [6, 6.07) is 5.45. The van der Waals surface area contributed by atoms with Crippen molar-refractivity contribution in [2.24, 2.45) is 0 Å². The Labute approximate surface area is 142 Å². The Morgan fingerprint density at radius 2 is 2.12 bits per heavy atom. The molecule has 0 aliphatic rings. The van der Waals surface area contributed by atoms with Gasteiger partial charge in [-0.2, -0.15) is 0 Å². The molecule has 1 N–H and O–H groups in total. The van der Waals surface area contributed by atoms with E-state index in [9.17, 15) is 4.79 Å². The van der Waals surface area contributed by atoms with Crippen LogP contribution in [0.5, 0.6) is 11.5 Å². The van der Waals surface area contributed by atoms with Gasteiger partial charge in [0.25, 0.3) is 0 Å². The molecule has 0 aliphatic carbocycles. The van der Waals surface area contributed by atoms with Crippen LogP contribution in [-0.2, 0) is 11.3 Å². The molecular weight excluding hydrogens is 330 g/mol. The Bertz CT molecular complexity index is 832. The van der Waals surface area contributed by atoms with Crippen molar-refractivity contribution in [1.82, 2.24) is 20.0 Å². The number of benzene rings is 1. The molecule has 0 bridgehead atoms. The number of amides is 1. The first-order valence-corrected chi connectivity index (χ1v) is 7.89. The zero-order valence-electron chi connectivity index (χ0n) is 13.1. The summed E-state index contributed by atoms with van der Waals surface area (Å²) in [7, 11) is 3.15. The zero-order valence-corrected chi connectivity index (χ0v) is 13.9. The van der Waals surface area contributed by atoms with Crippen molar-refractivity contribution in [3.05, 3.63) is 36.0 Å². The Morgan fingerprint density at radius 1 is 1.29 bits per heavy atom. The number of methoxy groups -OCH3 is 2. The molecule has 0 spiro atoms. The molecule has 0 fully saturated rings. The number of hydrogen-bond acceptors (Lipinski definition) is 7. The van der Waals surface area contributed by atoms with E-state index < -0.39 is 0 Å². The minimum absolute atomic E-state index is 0.0554. The second-order valence-corrected chi connectivity index (χ2v) is 5.65. The number of ether oxygens (including phenoxy) is 2. The molecule has 2 heterocycles. The second kappa shape index (κ2) is 7.09. The lowest BCUT2D eigenvalue weighted by molar-refractivity contribution is -0.116. The molecule has 24 heavy (non-hydrogen) atoms. The molecule has 0 saturated carbocycles. The van der Waals surface area contributed by atoms with Gasteiger partial charge in [0.15, 0.2) is 16.6 Å². The van der Waals surface area contributed by atoms with E-state index in [4.69, 9.17) is 9.47 Å². The van der Waals surface area contributed by atoms with Crippen molar-refractivity contribution in [3.8, 4) is 22.8 Å². The van der Waals surface area contributed by atoms with E-state index in [2.05, 4.69) is 20.6 Å². The maximum absolute atomic E-state index is 11.9. The second-order valence-electron chi connectivity index (χ2n) is 4.76. The number of anilines is 1. The normalized spacial score (nSPS) is 10.4. The summed E-state index contributed by atoms with van der Waals surface area (Å²) in [6.45, 7) is 0.0554. The molecule has 1 amide bonds. The van der Waals surface area contributed by atoms with Crippen LogP contribution in [0.15, 0.2) is 36.0 Å². The third-order valence-electron chi connectivity index (χ3n) is 3.20. The highest BCUT2D eigenvalue weighted by molar-refractivity contribution is 7.13. The Balaban J connectivity index is 1.72. The first-order valence-electron chi connectivity index (χ1n) is 7.01. The van der Waals surface area contributed by atoms with Crippen molar-refractivity contribution in [1.29, 1.82) is 0 Å². The van der Waals surface area contributed by atoms with E-state index in [0.29, 0.717) is 22.3 Å². The monoisotopic (exact) mass is 345 g/mol. The zero-order chi connectivity index (χ0) is 16.9. The average Bonchev–Trinajstić information content (AvgIpc) is 3.26. The average molecular weight is 345 g/mol. The molecule has 0 aliphatic heterocycles. The van der Waals surface area contributed by atoms with E-state index in [0.717, 1.165) is 5.56 Å². The van der Waals surface area contributed by atoms with Crippen LogP contribution in [-0.4, -0.2) is 40.1 Å². The molecule has 0 atom stereocenters. The van der Waals surface area contributed by atoms with Crippen LogP contribution in [0.3, 0.4) is 0 Å². The topological polar surface area (TPSA) is 91.2 Å². The van der Waals surface area contributed by atoms with E-state index in [-0.39, 0.29) is 12.5 Å². The summed E-state index contributed by atoms with van der Waals surface area (Å²) in [6.07, 6.45) is 3.33. The van der Waals surface area contributed by atoms with Gasteiger partial charge in [-0.25, -0.2) is 9.67 Å². The molecule has 8 nitrogen and oxygen atoms in total. The minimum Gasteiger partial charge on any atom is -0.493 e. The highest BCUT2D eigenvalue weighted by Crippen LogP contribution is 2.31. The fraction of sp³-hybridized carbons (Fsp3) is 0.200. The third kappa shape index (κ3) is 3.51. The molecule has 0 radical (unpaired) electrons. The van der Waals surface area contributed by atoms with Gasteiger partial charge in [-0.15, -0.1) is 16.4 Å². The fourth-order valence-electron chi connectivity index (χ4n) is 2.09. The highest BCUT2D eigenvalue weighted by atomic mass is 32.1. The predicted molar refractivity (Wildman–Crippen MR) is 89.3 cm³/mol. The number of nitrogens with zero attached hydrogens (tertiary/aromatic N) is 4. The van der Waals surface area contributed by atoms with Crippen LogP contribution >= 0.6 is 11.3 Å². The minimum atomic E-state index is -0.214. The van der Waals surface area contributed by atoms with Gasteiger partial charge in [-0.3, -0.25) is 4.79 Å². The predicted octanol–water partition coefficient (Wildman–Crippen LogP) is 2.06. The van der Waals surface area contributed by atoms with E-state index in [1.165, 1.54) is 16.0 Å². The number of nitrogens with one attached hydrogen (secondary N) is 1. The van der Waals surface area contributed by atoms with Gasteiger partial charge in [0, 0.05) is 17.1 Å². The Hall–Kier alpha value is -2.94. The summed E-state index contributed by atoms with van der Waals surface area (Å²) in [5.74, 6) is 1.02. The summed E-state index contributed by atoms with van der Waals surface area (Å²) >= 11 is 1.36. The van der Waals surface area contributed by atoms with Crippen LogP contribution in [0.25, 0.3) is 11.3 Å². The number of hydrogen-bond donors (Lipinski definition) is 1. The van der Waals surface area contributed by atoms with Gasteiger partial charge in [-0.1, -0.05) is 5.21 Å². The molecule has 3 aromatic rings. The van der Waals surface area contributed by atoms with Crippen molar-refractivity contribution in [2.75, 3.05) is 19.5 Å². The largest absolute Gasteiger partial charge is 0.493 e. The Kier molecular flexibility index (Phi) is 4.71. The summed E-state index contributed by atoms with van der Waals surface area (Å²) < 4.78 is 12.0. The number of aromatic nitrogens is 4. The van der Waals surface area contributed by atoms with Crippen molar-refractivity contribution < 1.29 is 14.3 Å². The molecular formula is C15H15N5O3S. The number of thiazole rings is 1. The quantitative estimate of drug-likeness (QED) is 0.735. The first kappa shape index (κ1) is 15.9. The van der Waals surface area contributed by atoms with E-state index >= 15 is 0 Å². The maximum Gasteiger partial charge on any atom is 0.247 e. The molecule has 124 valence electrons. The van der Waals surface area contributed by atoms with Crippen LogP contribution in [0.2, 0.25) is 0 Å². The van der Waals surface area contributed by atoms with Crippen molar-refractivity contribution >= 4 is 22.4 Å². The van der Waals surface area contributed by atoms with E-state index in [1.54, 1.807) is 38.1 Å². The van der Waals surface area contributed by atoms with Crippen LogP contribution in [0, 0.1) is 0 Å². The summed E-state index contributed by atoms with van der Waals surface area (Å²) in [5.41, 5.74) is 1.46. The highest BCUT2D eigenvalue weighted by Gasteiger charge is 2.11. The van der Waals surface area contributed by atoms with Gasteiger partial charge >= 0.3 is 0 Å². The lowest BCUT2D eigenvalue weighted by atomic mass is 10.1. The third-order valence-corrected chi connectivity index (χ3v) is 3.89. The van der Waals surface area contributed by atoms with Gasteiger partial charge in [0.2, 0.25) is 5.91 Å². The first-order chi connectivity index (χ1) is 11.7. The smallest absolute Gasteiger partial charge is 0.247 e. The van der Waals surface area contributed by atoms with Crippen LogP contribution in [0.1, 0.15) is 0 Å². The fourth-order valence-corrected chi connectivity index (χ4v) is 2.64. The number of rotatable bonds is 6. The van der Waals surface area contributed by atoms with Crippen molar-refractivity contribution in [3.63, 3.8) is 0 Å². The van der Waals surface area contributed by atoms with Gasteiger partial charge < -0.3 is 14.8 Å². The molecule has 1 aromatic carbocycles. The molecule has 0 unspecified atom stereocenters. The lowest BCUT2D eigenvalue weighted by Gasteiger charge is -2.08. The summed E-state index contributed by atoms with van der Waals surface area (Å²) in [4.78, 5) is 15.9. The van der Waals surface area contributed by atoms with Crippen LogP contribution < -0.4 is 14.8 Å². The molecule has 2 aromatic heterocycles. The molecule has 0 saturated heterocycles. The summed E-state index contributed by atoms with van der Waals surface area (Å²) in [5, 5.41) is 13.1. The van der Waals surface area contributed by atoms with Crippen molar-refractivity contribution in [2.45, 2.75) is 6.54 Å². The molecule has 3 rings (SSSR count). The number of carbonyl (C=O) groups is 1.